The number of ether oxygens (including phenoxy) is 3. The molecule has 5 heteroatoms. The lowest BCUT2D eigenvalue weighted by Gasteiger charge is -2.25. The second-order valence-corrected chi connectivity index (χ2v) is 8.76. The van der Waals surface area contributed by atoms with E-state index in [9.17, 15) is 0 Å². The number of aryl methyl sites for hydroxylation is 1. The van der Waals surface area contributed by atoms with E-state index in [1.165, 1.54) is 30.2 Å². The Hall–Kier alpha value is -2.27. The zero-order valence-electron chi connectivity index (χ0n) is 19.7. The van der Waals surface area contributed by atoms with Gasteiger partial charge >= 0.3 is 6.08 Å². The minimum atomic E-state index is 0.246. The van der Waals surface area contributed by atoms with Gasteiger partial charge in [-0.3, -0.25) is 4.90 Å². The van der Waals surface area contributed by atoms with E-state index in [1.807, 2.05) is 0 Å². The molecule has 1 saturated heterocycles. The predicted molar refractivity (Wildman–Crippen MR) is 127 cm³/mol. The molecule has 3 rings (SSSR count). The van der Waals surface area contributed by atoms with Gasteiger partial charge in [0.05, 0.1) is 12.3 Å². The van der Waals surface area contributed by atoms with Crippen LogP contribution in [0.2, 0.25) is 0 Å². The summed E-state index contributed by atoms with van der Waals surface area (Å²) in [4.78, 5) is 6.50. The first-order valence-corrected chi connectivity index (χ1v) is 11.6. The Kier molecular flexibility index (Phi) is 8.59. The van der Waals surface area contributed by atoms with Crippen LogP contribution in [0.3, 0.4) is 0 Å². The smallest absolute Gasteiger partial charge is 0.388 e. The highest BCUT2D eigenvalue weighted by Gasteiger charge is 2.31. The number of likely N-dealkylation sites (N-methyl/N-ethyl adjacent to an activating group) is 1. The Morgan fingerprint density at radius 1 is 1.29 bits per heavy atom. The molecule has 0 N–H and O–H groups in total. The van der Waals surface area contributed by atoms with Crippen molar-refractivity contribution in [2.24, 2.45) is 4.99 Å². The molecule has 1 aliphatic heterocycles. The lowest BCUT2D eigenvalue weighted by molar-refractivity contribution is 0.226. The molecule has 0 spiro atoms. The first-order chi connectivity index (χ1) is 15.0. The number of benzene rings is 1. The first-order valence-electron chi connectivity index (χ1n) is 11.6. The van der Waals surface area contributed by atoms with Crippen molar-refractivity contribution in [2.75, 3.05) is 27.2 Å². The molecule has 0 amide bonds. The van der Waals surface area contributed by atoms with Gasteiger partial charge in [-0.05, 0) is 63.8 Å². The molecule has 1 aliphatic carbocycles. The van der Waals surface area contributed by atoms with Gasteiger partial charge in [0.1, 0.15) is 18.1 Å². The van der Waals surface area contributed by atoms with Crippen LogP contribution in [0.15, 0.2) is 41.6 Å². The summed E-state index contributed by atoms with van der Waals surface area (Å²) in [5.41, 5.74) is 3.68. The van der Waals surface area contributed by atoms with Crippen LogP contribution in [0.4, 0.5) is 0 Å². The van der Waals surface area contributed by atoms with E-state index in [1.54, 1.807) is 7.05 Å². The van der Waals surface area contributed by atoms with E-state index in [0.717, 1.165) is 55.7 Å². The molecule has 1 aromatic carbocycles. The van der Waals surface area contributed by atoms with Crippen LogP contribution in [-0.2, 0) is 11.2 Å². The molecule has 0 saturated carbocycles. The molecule has 3 atom stereocenters. The lowest BCUT2D eigenvalue weighted by atomic mass is 9.84. The zero-order valence-corrected chi connectivity index (χ0v) is 19.7. The van der Waals surface area contributed by atoms with Crippen LogP contribution >= 0.6 is 0 Å². The number of nitrogens with zero attached hydrogens (tertiary/aromatic N) is 2. The fourth-order valence-corrected chi connectivity index (χ4v) is 4.22. The molecule has 1 heterocycles. The van der Waals surface area contributed by atoms with Gasteiger partial charge in [-0.2, -0.15) is 0 Å². The van der Waals surface area contributed by atoms with Crippen molar-refractivity contribution < 1.29 is 14.2 Å². The third-order valence-electron chi connectivity index (χ3n) is 6.15. The van der Waals surface area contributed by atoms with Crippen molar-refractivity contribution in [3.8, 4) is 11.5 Å². The third kappa shape index (κ3) is 6.60. The molecule has 2 aliphatic rings. The van der Waals surface area contributed by atoms with E-state index in [2.05, 4.69) is 55.6 Å². The number of aliphatic imine (C=N–C) groups is 1. The molecule has 0 radical (unpaired) electrons. The largest absolute Gasteiger partial charge is 0.465 e. The maximum Gasteiger partial charge on any atom is 0.388 e. The quantitative estimate of drug-likeness (QED) is 0.118. The first kappa shape index (κ1) is 23.4. The Balaban J connectivity index is 1.92. The highest BCUT2D eigenvalue weighted by atomic mass is 16.7. The van der Waals surface area contributed by atoms with Gasteiger partial charge in [-0.15, -0.1) is 0 Å². The minimum absolute atomic E-state index is 0.246. The summed E-state index contributed by atoms with van der Waals surface area (Å²) in [6.07, 6.45) is 12.1. The van der Waals surface area contributed by atoms with Gasteiger partial charge in [0.15, 0.2) is 0 Å². The number of hydrogen-bond donors (Lipinski definition) is 0. The Labute approximate surface area is 187 Å². The maximum absolute atomic E-state index is 6.30. The molecule has 0 aromatic heterocycles. The molecule has 1 fully saturated rings. The van der Waals surface area contributed by atoms with Crippen LogP contribution in [0.5, 0.6) is 11.5 Å². The Morgan fingerprint density at radius 3 is 2.71 bits per heavy atom. The van der Waals surface area contributed by atoms with E-state index in [-0.39, 0.29) is 5.92 Å². The standard InChI is InChI=1S/C26H38N2O3/c1-6-8-9-12-20-15-23(29-7-2)25(21-13-10-11-19(3)14-21)24(16-20)31-26(27-4)30-18-22-17-28(22)5/h7,14-16,21-22H,2,6,8-13,17-18H2,1,3-5H3. The summed E-state index contributed by atoms with van der Waals surface area (Å²) in [5.74, 6) is 1.86. The van der Waals surface area contributed by atoms with Gasteiger partial charge in [0.25, 0.3) is 0 Å². The maximum atomic E-state index is 6.30. The molecule has 0 bridgehead atoms. The Bertz CT molecular complexity index is 815. The summed E-state index contributed by atoms with van der Waals surface area (Å²) in [7, 11) is 3.80. The number of allylic oxidation sites excluding steroid dienone is 2. The fourth-order valence-electron chi connectivity index (χ4n) is 4.22. The molecule has 3 unspecified atom stereocenters. The monoisotopic (exact) mass is 426 g/mol. The van der Waals surface area contributed by atoms with Crippen molar-refractivity contribution in [3.63, 3.8) is 0 Å². The minimum Gasteiger partial charge on any atom is -0.465 e. The van der Waals surface area contributed by atoms with Gasteiger partial charge in [0, 0.05) is 25.1 Å². The van der Waals surface area contributed by atoms with Gasteiger partial charge < -0.3 is 14.2 Å². The van der Waals surface area contributed by atoms with Crippen molar-refractivity contribution in [3.05, 3.63) is 47.7 Å². The third-order valence-corrected chi connectivity index (χ3v) is 6.15. The second kappa shape index (κ2) is 11.4. The second-order valence-electron chi connectivity index (χ2n) is 8.76. The van der Waals surface area contributed by atoms with Gasteiger partial charge in [-0.1, -0.05) is 38.0 Å². The van der Waals surface area contributed by atoms with Crippen LogP contribution in [-0.4, -0.2) is 44.3 Å². The zero-order chi connectivity index (χ0) is 22.2. The fraction of sp³-hybridized carbons (Fsp3) is 0.577. The van der Waals surface area contributed by atoms with E-state index in [0.29, 0.717) is 18.7 Å². The van der Waals surface area contributed by atoms with Crippen LogP contribution in [0.25, 0.3) is 0 Å². The predicted octanol–water partition coefficient (Wildman–Crippen LogP) is 5.85. The van der Waals surface area contributed by atoms with E-state index in [4.69, 9.17) is 14.2 Å². The van der Waals surface area contributed by atoms with Crippen molar-refractivity contribution in [1.82, 2.24) is 4.90 Å². The number of rotatable bonds is 10. The summed E-state index contributed by atoms with van der Waals surface area (Å²) >= 11 is 0. The van der Waals surface area contributed by atoms with E-state index >= 15 is 0 Å². The number of hydrogen-bond acceptors (Lipinski definition) is 5. The molecule has 31 heavy (non-hydrogen) atoms. The normalized spacial score (nSPS) is 23.2. The van der Waals surface area contributed by atoms with Crippen LogP contribution in [0.1, 0.15) is 69.4 Å². The van der Waals surface area contributed by atoms with Gasteiger partial charge in [0.2, 0.25) is 0 Å². The Morgan fingerprint density at radius 2 is 2.06 bits per heavy atom. The molecule has 5 nitrogen and oxygen atoms in total. The summed E-state index contributed by atoms with van der Waals surface area (Å²) in [6.45, 7) is 9.87. The van der Waals surface area contributed by atoms with E-state index < -0.39 is 0 Å². The topological polar surface area (TPSA) is 43.1 Å². The van der Waals surface area contributed by atoms with Crippen LogP contribution < -0.4 is 9.47 Å². The average molecular weight is 427 g/mol. The number of unbranched alkanes of at least 4 members (excludes halogenated alkanes) is 2. The molecular formula is C26H38N2O3. The lowest BCUT2D eigenvalue weighted by Crippen LogP contribution is -2.19. The van der Waals surface area contributed by atoms with Crippen molar-refractivity contribution in [1.29, 1.82) is 0 Å². The van der Waals surface area contributed by atoms with Gasteiger partial charge in [-0.25, -0.2) is 4.99 Å². The molecular weight excluding hydrogens is 388 g/mol. The van der Waals surface area contributed by atoms with Crippen molar-refractivity contribution >= 4 is 6.08 Å². The van der Waals surface area contributed by atoms with Crippen LogP contribution in [0, 0.1) is 0 Å². The average Bonchev–Trinajstić information content (AvgIpc) is 3.46. The summed E-state index contributed by atoms with van der Waals surface area (Å²) in [5, 5.41) is 0. The van der Waals surface area contributed by atoms with Crippen molar-refractivity contribution in [2.45, 2.75) is 70.8 Å². The molecule has 170 valence electrons. The summed E-state index contributed by atoms with van der Waals surface area (Å²) in [6, 6.07) is 4.75. The SMILES string of the molecule is C=COc1cc(CCCCC)cc(OC(=NC)OCC2CN2C)c1C1C=C(C)CCC1. The summed E-state index contributed by atoms with van der Waals surface area (Å²) < 4.78 is 18.1. The highest BCUT2D eigenvalue weighted by Crippen LogP contribution is 2.43. The molecule has 1 aromatic rings. The highest BCUT2D eigenvalue weighted by molar-refractivity contribution is 5.71.